The van der Waals surface area contributed by atoms with Crippen molar-refractivity contribution in [3.05, 3.63) is 78.4 Å². The van der Waals surface area contributed by atoms with Gasteiger partial charge in [0.1, 0.15) is 11.3 Å². The first kappa shape index (κ1) is 17.8. The van der Waals surface area contributed by atoms with Gasteiger partial charge in [-0.3, -0.25) is 4.79 Å². The number of carbonyl (C=O) groups is 1. The average molecular weight is 372 g/mol. The predicted molar refractivity (Wildman–Crippen MR) is 109 cm³/mol. The van der Waals surface area contributed by atoms with E-state index in [1.807, 2.05) is 72.8 Å². The van der Waals surface area contributed by atoms with Crippen LogP contribution in [0.5, 0.6) is 5.75 Å². The number of amides is 1. The summed E-state index contributed by atoms with van der Waals surface area (Å²) in [5.74, 6) is 1.33. The molecule has 4 aromatic rings. The van der Waals surface area contributed by atoms with Crippen LogP contribution in [0.4, 0.5) is 5.69 Å². The molecule has 0 spiro atoms. The van der Waals surface area contributed by atoms with Crippen molar-refractivity contribution < 1.29 is 13.9 Å². The van der Waals surface area contributed by atoms with Crippen LogP contribution in [0.2, 0.25) is 0 Å². The SMILES string of the molecule is COc1ccccc1CCC(=O)Nc1ccc(-c2nc3ccccc3o2)cc1. The van der Waals surface area contributed by atoms with E-state index in [9.17, 15) is 4.79 Å². The minimum atomic E-state index is -0.0412. The molecule has 1 amide bonds. The summed E-state index contributed by atoms with van der Waals surface area (Å²) in [6.07, 6.45) is 1.00. The average Bonchev–Trinajstić information content (AvgIpc) is 3.17. The van der Waals surface area contributed by atoms with Crippen LogP contribution in [-0.2, 0) is 11.2 Å². The number of anilines is 1. The Kier molecular flexibility index (Phi) is 5.06. The molecule has 0 aliphatic carbocycles. The Bertz CT molecular complexity index is 1070. The molecule has 0 atom stereocenters. The van der Waals surface area contributed by atoms with E-state index in [1.54, 1.807) is 7.11 Å². The highest BCUT2D eigenvalue weighted by molar-refractivity contribution is 5.91. The van der Waals surface area contributed by atoms with Gasteiger partial charge in [0, 0.05) is 17.7 Å². The molecule has 0 radical (unpaired) electrons. The van der Waals surface area contributed by atoms with Crippen LogP contribution in [0, 0.1) is 0 Å². The second-order valence-corrected chi connectivity index (χ2v) is 6.42. The maximum absolute atomic E-state index is 12.3. The monoisotopic (exact) mass is 372 g/mol. The van der Waals surface area contributed by atoms with Gasteiger partial charge in [0.25, 0.3) is 0 Å². The van der Waals surface area contributed by atoms with E-state index in [0.29, 0.717) is 18.7 Å². The van der Waals surface area contributed by atoms with Crippen molar-refractivity contribution in [3.63, 3.8) is 0 Å². The van der Waals surface area contributed by atoms with E-state index in [4.69, 9.17) is 9.15 Å². The second-order valence-electron chi connectivity index (χ2n) is 6.42. The number of rotatable bonds is 6. The highest BCUT2D eigenvalue weighted by Gasteiger charge is 2.09. The topological polar surface area (TPSA) is 64.4 Å². The van der Waals surface area contributed by atoms with Gasteiger partial charge in [0.2, 0.25) is 11.8 Å². The third-order valence-corrected chi connectivity index (χ3v) is 4.52. The molecule has 5 nitrogen and oxygen atoms in total. The smallest absolute Gasteiger partial charge is 0.227 e. The van der Waals surface area contributed by atoms with Crippen LogP contribution in [0.15, 0.2) is 77.2 Å². The molecule has 0 bridgehead atoms. The molecule has 28 heavy (non-hydrogen) atoms. The van der Waals surface area contributed by atoms with Crippen LogP contribution in [0.25, 0.3) is 22.6 Å². The summed E-state index contributed by atoms with van der Waals surface area (Å²) in [6, 6.07) is 22.9. The van der Waals surface area contributed by atoms with Crippen molar-refractivity contribution >= 4 is 22.7 Å². The third-order valence-electron chi connectivity index (χ3n) is 4.52. The summed E-state index contributed by atoms with van der Waals surface area (Å²) in [6.45, 7) is 0. The van der Waals surface area contributed by atoms with Gasteiger partial charge in [0.15, 0.2) is 5.58 Å². The molecule has 0 saturated carbocycles. The number of methoxy groups -OCH3 is 1. The fourth-order valence-electron chi connectivity index (χ4n) is 3.07. The predicted octanol–water partition coefficient (Wildman–Crippen LogP) is 5.07. The normalized spacial score (nSPS) is 10.8. The van der Waals surface area contributed by atoms with Crippen LogP contribution in [-0.4, -0.2) is 18.0 Å². The van der Waals surface area contributed by atoms with E-state index in [2.05, 4.69) is 10.3 Å². The van der Waals surface area contributed by atoms with Gasteiger partial charge in [0.05, 0.1) is 7.11 Å². The number of nitrogens with zero attached hydrogens (tertiary/aromatic N) is 1. The molecule has 5 heteroatoms. The maximum Gasteiger partial charge on any atom is 0.227 e. The number of nitrogens with one attached hydrogen (secondary N) is 1. The molecule has 3 aromatic carbocycles. The van der Waals surface area contributed by atoms with Crippen molar-refractivity contribution in [3.8, 4) is 17.2 Å². The van der Waals surface area contributed by atoms with Gasteiger partial charge in [-0.2, -0.15) is 0 Å². The van der Waals surface area contributed by atoms with E-state index in [-0.39, 0.29) is 5.91 Å². The number of aryl methyl sites for hydroxylation is 1. The van der Waals surface area contributed by atoms with Crippen molar-refractivity contribution in [1.29, 1.82) is 0 Å². The zero-order valence-electron chi connectivity index (χ0n) is 15.5. The maximum atomic E-state index is 12.3. The number of benzene rings is 3. The number of hydrogen-bond donors (Lipinski definition) is 1. The van der Waals surface area contributed by atoms with Crippen LogP contribution in [0.1, 0.15) is 12.0 Å². The molecule has 0 aliphatic heterocycles. The standard InChI is InChI=1S/C23H20N2O3/c1-27-20-8-4-2-6-16(20)12-15-22(26)24-18-13-10-17(11-14-18)23-25-19-7-3-5-9-21(19)28-23/h2-11,13-14H,12,15H2,1H3,(H,24,26). The first-order chi connectivity index (χ1) is 13.7. The van der Waals surface area contributed by atoms with Gasteiger partial charge in [-0.05, 0) is 54.4 Å². The number of fused-ring (bicyclic) bond motifs is 1. The molecule has 1 N–H and O–H groups in total. The summed E-state index contributed by atoms with van der Waals surface area (Å²) in [7, 11) is 1.64. The Labute approximate surface area is 163 Å². The zero-order chi connectivity index (χ0) is 19.3. The first-order valence-electron chi connectivity index (χ1n) is 9.11. The molecule has 4 rings (SSSR count). The van der Waals surface area contributed by atoms with Crippen molar-refractivity contribution in [2.24, 2.45) is 0 Å². The number of para-hydroxylation sites is 3. The number of ether oxygens (including phenoxy) is 1. The zero-order valence-corrected chi connectivity index (χ0v) is 15.5. The number of carbonyl (C=O) groups excluding carboxylic acids is 1. The van der Waals surface area contributed by atoms with Crippen molar-refractivity contribution in [2.45, 2.75) is 12.8 Å². The minimum absolute atomic E-state index is 0.0412. The molecular formula is C23H20N2O3. The molecule has 0 aliphatic rings. The fraction of sp³-hybridized carbons (Fsp3) is 0.130. The van der Waals surface area contributed by atoms with E-state index < -0.39 is 0 Å². The Morgan fingerprint density at radius 3 is 2.54 bits per heavy atom. The third kappa shape index (κ3) is 3.88. The Morgan fingerprint density at radius 1 is 1.00 bits per heavy atom. The van der Waals surface area contributed by atoms with Gasteiger partial charge in [-0.1, -0.05) is 30.3 Å². The van der Waals surface area contributed by atoms with Crippen LogP contribution < -0.4 is 10.1 Å². The van der Waals surface area contributed by atoms with Crippen molar-refractivity contribution in [1.82, 2.24) is 4.98 Å². The minimum Gasteiger partial charge on any atom is -0.496 e. The fourth-order valence-corrected chi connectivity index (χ4v) is 3.07. The molecule has 1 heterocycles. The largest absolute Gasteiger partial charge is 0.496 e. The molecule has 0 saturated heterocycles. The number of aromatic nitrogens is 1. The lowest BCUT2D eigenvalue weighted by molar-refractivity contribution is -0.116. The lowest BCUT2D eigenvalue weighted by atomic mass is 10.1. The lowest BCUT2D eigenvalue weighted by Gasteiger charge is -2.09. The summed E-state index contributed by atoms with van der Waals surface area (Å²) < 4.78 is 11.1. The Balaban J connectivity index is 1.39. The van der Waals surface area contributed by atoms with E-state index >= 15 is 0 Å². The highest BCUT2D eigenvalue weighted by atomic mass is 16.5. The summed E-state index contributed by atoms with van der Waals surface area (Å²) in [5, 5.41) is 2.92. The summed E-state index contributed by atoms with van der Waals surface area (Å²) >= 11 is 0. The van der Waals surface area contributed by atoms with Gasteiger partial charge in [-0.25, -0.2) is 4.98 Å². The van der Waals surface area contributed by atoms with E-state index in [0.717, 1.165) is 33.7 Å². The Hall–Kier alpha value is -3.60. The first-order valence-corrected chi connectivity index (χ1v) is 9.11. The van der Waals surface area contributed by atoms with Gasteiger partial charge < -0.3 is 14.5 Å². The molecule has 0 fully saturated rings. The quantitative estimate of drug-likeness (QED) is 0.513. The van der Waals surface area contributed by atoms with Gasteiger partial charge >= 0.3 is 0 Å². The number of oxazole rings is 1. The van der Waals surface area contributed by atoms with Gasteiger partial charge in [-0.15, -0.1) is 0 Å². The Morgan fingerprint density at radius 2 is 1.75 bits per heavy atom. The molecule has 1 aromatic heterocycles. The van der Waals surface area contributed by atoms with E-state index in [1.165, 1.54) is 0 Å². The van der Waals surface area contributed by atoms with Crippen LogP contribution in [0.3, 0.4) is 0 Å². The second kappa shape index (κ2) is 7.96. The summed E-state index contributed by atoms with van der Waals surface area (Å²) in [5.41, 5.74) is 4.21. The lowest BCUT2D eigenvalue weighted by Crippen LogP contribution is -2.12. The molecular weight excluding hydrogens is 352 g/mol. The molecule has 0 unspecified atom stereocenters. The molecule has 140 valence electrons. The highest BCUT2D eigenvalue weighted by Crippen LogP contribution is 2.25. The van der Waals surface area contributed by atoms with Crippen LogP contribution >= 0.6 is 0 Å². The number of hydrogen-bond acceptors (Lipinski definition) is 4. The van der Waals surface area contributed by atoms with Crippen molar-refractivity contribution in [2.75, 3.05) is 12.4 Å². The summed E-state index contributed by atoms with van der Waals surface area (Å²) in [4.78, 5) is 16.8.